The number of hydrogen-bond acceptors (Lipinski definition) is 4. The van der Waals surface area contributed by atoms with Gasteiger partial charge in [0, 0.05) is 12.6 Å². The Morgan fingerprint density at radius 2 is 1.83 bits per heavy atom. The smallest absolute Gasteiger partial charge is 0.258 e. The lowest BCUT2D eigenvalue weighted by Gasteiger charge is -2.12. The van der Waals surface area contributed by atoms with Gasteiger partial charge in [-0.3, -0.25) is 4.79 Å². The molecule has 5 heteroatoms. The summed E-state index contributed by atoms with van der Waals surface area (Å²) >= 11 is 0. The molecule has 0 bridgehead atoms. The van der Waals surface area contributed by atoms with Crippen molar-refractivity contribution in [1.82, 2.24) is 5.32 Å². The molecule has 0 saturated carbocycles. The number of nitrogens with two attached hydrogens (primary N) is 1. The first-order valence-corrected chi connectivity index (χ1v) is 6.00. The molecule has 0 saturated heterocycles. The number of rotatable bonds is 7. The maximum atomic E-state index is 11.4. The van der Waals surface area contributed by atoms with Crippen LogP contribution in [0.25, 0.3) is 0 Å². The van der Waals surface area contributed by atoms with Crippen LogP contribution in [0.15, 0.2) is 24.3 Å². The van der Waals surface area contributed by atoms with Gasteiger partial charge in [0.1, 0.15) is 11.5 Å². The summed E-state index contributed by atoms with van der Waals surface area (Å²) < 4.78 is 10.6. The molecule has 1 atom stereocenters. The van der Waals surface area contributed by atoms with Crippen molar-refractivity contribution in [2.45, 2.75) is 19.9 Å². The molecular formula is C13H20N2O3. The maximum absolute atomic E-state index is 11.4. The molecule has 1 aromatic carbocycles. The molecule has 1 unspecified atom stereocenters. The van der Waals surface area contributed by atoms with Crippen LogP contribution in [0.5, 0.6) is 11.5 Å². The minimum Gasteiger partial charge on any atom is -0.494 e. The molecular weight excluding hydrogens is 232 g/mol. The van der Waals surface area contributed by atoms with E-state index in [-0.39, 0.29) is 18.6 Å². The van der Waals surface area contributed by atoms with Crippen LogP contribution >= 0.6 is 0 Å². The number of amides is 1. The third-order valence-electron chi connectivity index (χ3n) is 2.27. The Labute approximate surface area is 107 Å². The molecule has 0 aliphatic heterocycles. The number of nitrogens with one attached hydrogen (secondary N) is 1. The molecule has 1 rings (SSSR count). The minimum atomic E-state index is -0.179. The lowest BCUT2D eigenvalue weighted by molar-refractivity contribution is -0.123. The Bertz CT molecular complexity index is 365. The van der Waals surface area contributed by atoms with E-state index < -0.39 is 0 Å². The van der Waals surface area contributed by atoms with Crippen LogP contribution < -0.4 is 20.5 Å². The monoisotopic (exact) mass is 252 g/mol. The van der Waals surface area contributed by atoms with Gasteiger partial charge in [0.2, 0.25) is 0 Å². The van der Waals surface area contributed by atoms with E-state index in [0.717, 1.165) is 5.75 Å². The molecule has 3 N–H and O–H groups in total. The molecule has 1 aromatic rings. The van der Waals surface area contributed by atoms with Gasteiger partial charge in [-0.1, -0.05) is 0 Å². The average Bonchev–Trinajstić information content (AvgIpc) is 2.38. The summed E-state index contributed by atoms with van der Waals surface area (Å²) in [4.78, 5) is 11.4. The largest absolute Gasteiger partial charge is 0.494 e. The highest BCUT2D eigenvalue weighted by atomic mass is 16.5. The molecule has 1 amide bonds. The van der Waals surface area contributed by atoms with Crippen LogP contribution in [0.1, 0.15) is 13.8 Å². The van der Waals surface area contributed by atoms with Crippen molar-refractivity contribution in [3.05, 3.63) is 24.3 Å². The molecule has 18 heavy (non-hydrogen) atoms. The van der Waals surface area contributed by atoms with E-state index in [9.17, 15) is 4.79 Å². The van der Waals surface area contributed by atoms with E-state index in [1.165, 1.54) is 0 Å². The molecule has 100 valence electrons. The second kappa shape index (κ2) is 7.55. The average molecular weight is 252 g/mol. The van der Waals surface area contributed by atoms with Crippen LogP contribution in [0.4, 0.5) is 0 Å². The van der Waals surface area contributed by atoms with Crippen LogP contribution in [-0.2, 0) is 4.79 Å². The van der Waals surface area contributed by atoms with Gasteiger partial charge in [-0.25, -0.2) is 0 Å². The topological polar surface area (TPSA) is 73.6 Å². The minimum absolute atomic E-state index is 0.0156. The molecule has 0 heterocycles. The third-order valence-corrected chi connectivity index (χ3v) is 2.27. The zero-order chi connectivity index (χ0) is 13.4. The van der Waals surface area contributed by atoms with Crippen LogP contribution in [0.2, 0.25) is 0 Å². The van der Waals surface area contributed by atoms with Crippen molar-refractivity contribution in [2.24, 2.45) is 5.73 Å². The zero-order valence-corrected chi connectivity index (χ0v) is 10.8. The van der Waals surface area contributed by atoms with Gasteiger partial charge >= 0.3 is 0 Å². The summed E-state index contributed by atoms with van der Waals surface area (Å²) in [6, 6.07) is 7.11. The van der Waals surface area contributed by atoms with Crippen molar-refractivity contribution in [2.75, 3.05) is 19.8 Å². The molecule has 0 fully saturated rings. The summed E-state index contributed by atoms with van der Waals surface area (Å²) in [5.41, 5.74) is 5.40. The van der Waals surface area contributed by atoms with E-state index >= 15 is 0 Å². The molecule has 0 radical (unpaired) electrons. The lowest BCUT2D eigenvalue weighted by atomic mass is 10.3. The second-order valence-corrected chi connectivity index (χ2v) is 3.90. The van der Waals surface area contributed by atoms with Gasteiger partial charge in [-0.05, 0) is 38.1 Å². The van der Waals surface area contributed by atoms with Gasteiger partial charge in [0.25, 0.3) is 5.91 Å². The van der Waals surface area contributed by atoms with E-state index in [1.807, 2.05) is 13.8 Å². The van der Waals surface area contributed by atoms with E-state index in [1.54, 1.807) is 24.3 Å². The maximum Gasteiger partial charge on any atom is 0.258 e. The Morgan fingerprint density at radius 1 is 1.28 bits per heavy atom. The predicted molar refractivity (Wildman–Crippen MR) is 69.8 cm³/mol. The van der Waals surface area contributed by atoms with Gasteiger partial charge in [-0.2, -0.15) is 0 Å². The number of carbonyl (C=O) groups is 1. The van der Waals surface area contributed by atoms with Crippen LogP contribution in [-0.4, -0.2) is 31.7 Å². The highest BCUT2D eigenvalue weighted by molar-refractivity contribution is 5.77. The van der Waals surface area contributed by atoms with Gasteiger partial charge < -0.3 is 20.5 Å². The highest BCUT2D eigenvalue weighted by Gasteiger charge is 2.06. The molecule has 0 aliphatic rings. The van der Waals surface area contributed by atoms with Crippen molar-refractivity contribution in [3.8, 4) is 11.5 Å². The molecule has 0 aliphatic carbocycles. The van der Waals surface area contributed by atoms with Crippen LogP contribution in [0, 0.1) is 0 Å². The summed E-state index contributed by atoms with van der Waals surface area (Å²) in [5, 5.41) is 2.72. The summed E-state index contributed by atoms with van der Waals surface area (Å²) in [5.74, 6) is 1.24. The standard InChI is InChI=1S/C13H20N2O3/c1-3-17-11-4-6-12(7-5-11)18-9-13(16)15-10(2)8-14/h4-7,10H,3,8-9,14H2,1-2H3,(H,15,16). The second-order valence-electron chi connectivity index (χ2n) is 3.90. The highest BCUT2D eigenvalue weighted by Crippen LogP contribution is 2.17. The first kappa shape index (κ1) is 14.3. The lowest BCUT2D eigenvalue weighted by Crippen LogP contribution is -2.40. The zero-order valence-electron chi connectivity index (χ0n) is 10.8. The summed E-state index contributed by atoms with van der Waals surface area (Å²) in [6.45, 7) is 4.79. The number of carbonyl (C=O) groups excluding carboxylic acids is 1. The Balaban J connectivity index is 2.36. The number of benzene rings is 1. The first-order chi connectivity index (χ1) is 8.65. The Hall–Kier alpha value is -1.75. The Kier molecular flexibility index (Phi) is 6.00. The fourth-order valence-corrected chi connectivity index (χ4v) is 1.32. The predicted octanol–water partition coefficient (Wildman–Crippen LogP) is 0.927. The van der Waals surface area contributed by atoms with Gasteiger partial charge in [0.05, 0.1) is 6.61 Å². The number of ether oxygens (including phenoxy) is 2. The fourth-order valence-electron chi connectivity index (χ4n) is 1.32. The normalized spacial score (nSPS) is 11.7. The van der Waals surface area contributed by atoms with Gasteiger partial charge in [0.15, 0.2) is 6.61 Å². The van der Waals surface area contributed by atoms with Crippen molar-refractivity contribution >= 4 is 5.91 Å². The molecule has 0 aromatic heterocycles. The van der Waals surface area contributed by atoms with Crippen molar-refractivity contribution in [3.63, 3.8) is 0 Å². The quantitative estimate of drug-likeness (QED) is 0.757. The van der Waals surface area contributed by atoms with E-state index in [4.69, 9.17) is 15.2 Å². The first-order valence-electron chi connectivity index (χ1n) is 6.00. The third kappa shape index (κ3) is 5.05. The summed E-state index contributed by atoms with van der Waals surface area (Å²) in [6.07, 6.45) is 0. The summed E-state index contributed by atoms with van der Waals surface area (Å²) in [7, 11) is 0. The Morgan fingerprint density at radius 3 is 2.33 bits per heavy atom. The molecule has 0 spiro atoms. The fraction of sp³-hybridized carbons (Fsp3) is 0.462. The van der Waals surface area contributed by atoms with E-state index in [2.05, 4.69) is 5.32 Å². The number of hydrogen-bond donors (Lipinski definition) is 2. The SMILES string of the molecule is CCOc1ccc(OCC(=O)NC(C)CN)cc1. The van der Waals surface area contributed by atoms with Crippen molar-refractivity contribution in [1.29, 1.82) is 0 Å². The van der Waals surface area contributed by atoms with E-state index in [0.29, 0.717) is 18.9 Å². The van der Waals surface area contributed by atoms with Crippen LogP contribution in [0.3, 0.4) is 0 Å². The molecule has 5 nitrogen and oxygen atoms in total. The van der Waals surface area contributed by atoms with Gasteiger partial charge in [-0.15, -0.1) is 0 Å². The van der Waals surface area contributed by atoms with Crippen molar-refractivity contribution < 1.29 is 14.3 Å².